The van der Waals surface area contributed by atoms with Gasteiger partial charge in [0.2, 0.25) is 0 Å². The summed E-state index contributed by atoms with van der Waals surface area (Å²) in [6.07, 6.45) is 0.762. The lowest BCUT2D eigenvalue weighted by Crippen LogP contribution is -2.32. The van der Waals surface area contributed by atoms with Crippen molar-refractivity contribution in [1.29, 1.82) is 0 Å². The molecule has 2 atom stereocenters. The maximum atomic E-state index is 12.0. The molecule has 0 spiro atoms. The number of aromatic nitrogens is 2. The minimum Gasteiger partial charge on any atom is -0.348 e. The van der Waals surface area contributed by atoms with E-state index in [1.807, 2.05) is 6.92 Å². The van der Waals surface area contributed by atoms with Crippen LogP contribution in [-0.4, -0.2) is 34.6 Å². The molecule has 2 unspecified atom stereocenters. The van der Waals surface area contributed by atoms with E-state index in [1.165, 1.54) is 11.5 Å². The predicted octanol–water partition coefficient (Wildman–Crippen LogP) is 0.0481. The molecule has 16 heavy (non-hydrogen) atoms. The number of nitrogens with one attached hydrogen (secondary N) is 2. The molecule has 1 aliphatic carbocycles. The molecule has 1 aromatic heterocycles. The molecule has 0 bridgehead atoms. The molecule has 2 fully saturated rings. The van der Waals surface area contributed by atoms with Crippen molar-refractivity contribution in [3.63, 3.8) is 0 Å². The summed E-state index contributed by atoms with van der Waals surface area (Å²) in [5.74, 6) is 1.30. The Hall–Kier alpha value is -1.01. The summed E-state index contributed by atoms with van der Waals surface area (Å²) in [5, 5.41) is 10.3. The molecular weight excluding hydrogens is 224 g/mol. The van der Waals surface area contributed by atoms with Crippen molar-refractivity contribution >= 4 is 17.4 Å². The van der Waals surface area contributed by atoms with Crippen molar-refractivity contribution in [2.75, 3.05) is 13.1 Å². The largest absolute Gasteiger partial charge is 0.348 e. The fourth-order valence-electron chi connectivity index (χ4n) is 2.46. The predicted molar refractivity (Wildman–Crippen MR) is 60.4 cm³/mol. The van der Waals surface area contributed by atoms with Crippen molar-refractivity contribution in [3.8, 4) is 0 Å². The fraction of sp³-hybridized carbons (Fsp3) is 0.700. The Kier molecular flexibility index (Phi) is 2.40. The monoisotopic (exact) mass is 238 g/mol. The third-order valence-corrected chi connectivity index (χ3v) is 4.25. The van der Waals surface area contributed by atoms with Gasteiger partial charge in [-0.15, -0.1) is 5.10 Å². The van der Waals surface area contributed by atoms with Crippen molar-refractivity contribution in [2.45, 2.75) is 19.4 Å². The Morgan fingerprint density at radius 1 is 1.56 bits per heavy atom. The molecule has 1 aromatic rings. The quantitative estimate of drug-likeness (QED) is 0.781. The van der Waals surface area contributed by atoms with Crippen LogP contribution in [-0.2, 0) is 6.42 Å². The van der Waals surface area contributed by atoms with Crippen molar-refractivity contribution in [2.24, 2.45) is 11.8 Å². The first-order valence-electron chi connectivity index (χ1n) is 5.64. The van der Waals surface area contributed by atoms with Gasteiger partial charge < -0.3 is 10.6 Å². The van der Waals surface area contributed by atoms with Crippen LogP contribution in [0.15, 0.2) is 0 Å². The van der Waals surface area contributed by atoms with E-state index in [1.54, 1.807) is 0 Å². The van der Waals surface area contributed by atoms with Gasteiger partial charge in [-0.05, 0) is 29.8 Å². The van der Waals surface area contributed by atoms with Crippen LogP contribution >= 0.6 is 11.5 Å². The molecule has 86 valence electrons. The lowest BCUT2D eigenvalue weighted by atomic mass is 10.3. The van der Waals surface area contributed by atoms with Crippen molar-refractivity contribution in [3.05, 3.63) is 10.6 Å². The molecule has 3 rings (SSSR count). The molecule has 0 aromatic carbocycles. The first-order chi connectivity index (χ1) is 7.81. The zero-order valence-corrected chi connectivity index (χ0v) is 9.88. The van der Waals surface area contributed by atoms with Gasteiger partial charge >= 0.3 is 0 Å². The van der Waals surface area contributed by atoms with Gasteiger partial charge in [0.15, 0.2) is 0 Å². The van der Waals surface area contributed by atoms with E-state index in [9.17, 15) is 4.79 Å². The highest BCUT2D eigenvalue weighted by Crippen LogP contribution is 2.41. The molecular formula is C10H14N4OS. The fourth-order valence-corrected chi connectivity index (χ4v) is 3.12. The summed E-state index contributed by atoms with van der Waals surface area (Å²) in [4.78, 5) is 12.6. The van der Waals surface area contributed by atoms with Crippen LogP contribution in [0.25, 0.3) is 0 Å². The topological polar surface area (TPSA) is 66.9 Å². The van der Waals surface area contributed by atoms with E-state index in [0.29, 0.717) is 22.8 Å². The van der Waals surface area contributed by atoms with E-state index in [0.717, 1.165) is 25.2 Å². The second kappa shape index (κ2) is 3.78. The molecule has 1 aliphatic heterocycles. The van der Waals surface area contributed by atoms with Crippen LogP contribution < -0.4 is 10.6 Å². The second-order valence-corrected chi connectivity index (χ2v) is 5.14. The molecule has 2 aliphatic rings. The Bertz CT molecular complexity index is 409. The number of piperidine rings is 1. The number of hydrogen-bond acceptors (Lipinski definition) is 5. The summed E-state index contributed by atoms with van der Waals surface area (Å²) in [6, 6.07) is 0.376. The zero-order valence-electron chi connectivity index (χ0n) is 9.06. The number of rotatable bonds is 3. The van der Waals surface area contributed by atoms with Crippen LogP contribution in [0.5, 0.6) is 0 Å². The summed E-state index contributed by atoms with van der Waals surface area (Å²) in [6.45, 7) is 4.07. The minimum absolute atomic E-state index is 0.00579. The Morgan fingerprint density at radius 3 is 3.00 bits per heavy atom. The Morgan fingerprint density at radius 2 is 2.31 bits per heavy atom. The molecule has 0 radical (unpaired) electrons. The van der Waals surface area contributed by atoms with Crippen molar-refractivity contribution < 1.29 is 4.79 Å². The molecule has 5 nitrogen and oxygen atoms in total. The lowest BCUT2D eigenvalue weighted by molar-refractivity contribution is 0.0949. The van der Waals surface area contributed by atoms with E-state index in [-0.39, 0.29) is 5.91 Å². The normalized spacial score (nSPS) is 31.2. The maximum absolute atomic E-state index is 12.0. The van der Waals surface area contributed by atoms with E-state index in [4.69, 9.17) is 0 Å². The highest BCUT2D eigenvalue weighted by molar-refractivity contribution is 7.08. The van der Waals surface area contributed by atoms with Crippen LogP contribution in [0.4, 0.5) is 0 Å². The number of amides is 1. The van der Waals surface area contributed by atoms with Crippen molar-refractivity contribution in [1.82, 2.24) is 20.2 Å². The minimum atomic E-state index is 0.00579. The van der Waals surface area contributed by atoms with E-state index < -0.39 is 0 Å². The van der Waals surface area contributed by atoms with Gasteiger partial charge in [0, 0.05) is 19.1 Å². The van der Waals surface area contributed by atoms with Gasteiger partial charge in [-0.3, -0.25) is 4.79 Å². The second-order valence-electron chi connectivity index (χ2n) is 4.39. The Labute approximate surface area is 97.8 Å². The average molecular weight is 238 g/mol. The molecule has 2 N–H and O–H groups in total. The highest BCUT2D eigenvalue weighted by atomic mass is 32.1. The molecule has 2 heterocycles. The SMILES string of the molecule is CCc1nnsc1C(=O)NC1C2CNCC21. The summed E-state index contributed by atoms with van der Waals surface area (Å²) < 4.78 is 3.83. The number of hydrogen-bond donors (Lipinski definition) is 2. The summed E-state index contributed by atoms with van der Waals surface area (Å²) in [7, 11) is 0. The third kappa shape index (κ3) is 1.53. The van der Waals surface area contributed by atoms with Gasteiger partial charge in [0.1, 0.15) is 4.88 Å². The molecule has 1 saturated carbocycles. The third-order valence-electron chi connectivity index (χ3n) is 3.49. The van der Waals surface area contributed by atoms with E-state index in [2.05, 4.69) is 20.2 Å². The van der Waals surface area contributed by atoms with Crippen LogP contribution in [0, 0.1) is 11.8 Å². The van der Waals surface area contributed by atoms with Gasteiger partial charge in [-0.1, -0.05) is 11.4 Å². The molecule has 1 amide bonds. The number of carbonyl (C=O) groups excluding carboxylic acids is 1. The highest BCUT2D eigenvalue weighted by Gasteiger charge is 2.53. The first kappa shape index (κ1) is 10.2. The number of carbonyl (C=O) groups is 1. The van der Waals surface area contributed by atoms with Gasteiger partial charge in [0.05, 0.1) is 5.69 Å². The van der Waals surface area contributed by atoms with Gasteiger partial charge in [0.25, 0.3) is 5.91 Å². The Balaban J connectivity index is 1.66. The van der Waals surface area contributed by atoms with Crippen LogP contribution in [0.1, 0.15) is 22.3 Å². The smallest absolute Gasteiger partial charge is 0.265 e. The maximum Gasteiger partial charge on any atom is 0.265 e. The van der Waals surface area contributed by atoms with Gasteiger partial charge in [-0.2, -0.15) is 0 Å². The first-order valence-corrected chi connectivity index (χ1v) is 6.41. The lowest BCUT2D eigenvalue weighted by Gasteiger charge is -2.06. The molecule has 6 heteroatoms. The van der Waals surface area contributed by atoms with Crippen LogP contribution in [0.2, 0.25) is 0 Å². The number of fused-ring (bicyclic) bond motifs is 1. The summed E-state index contributed by atoms with van der Waals surface area (Å²) in [5.41, 5.74) is 0.812. The zero-order chi connectivity index (χ0) is 11.1. The van der Waals surface area contributed by atoms with Crippen LogP contribution in [0.3, 0.4) is 0 Å². The molecule has 1 saturated heterocycles. The van der Waals surface area contributed by atoms with E-state index >= 15 is 0 Å². The number of aryl methyl sites for hydroxylation is 1. The number of nitrogens with zero attached hydrogens (tertiary/aromatic N) is 2. The standard InChI is InChI=1S/C10H14N4OS/c1-2-7-9(16-14-13-7)10(15)12-8-5-3-11-4-6(5)8/h5-6,8,11H,2-4H2,1H3,(H,12,15). The van der Waals surface area contributed by atoms with Gasteiger partial charge in [-0.25, -0.2) is 0 Å². The summed E-state index contributed by atoms with van der Waals surface area (Å²) >= 11 is 1.19. The average Bonchev–Trinajstić information content (AvgIpc) is 2.81.